The van der Waals surface area contributed by atoms with E-state index in [1.807, 2.05) is 0 Å². The van der Waals surface area contributed by atoms with E-state index in [2.05, 4.69) is 14.8 Å². The third-order valence-corrected chi connectivity index (χ3v) is 0.874. The van der Waals surface area contributed by atoms with Crippen LogP contribution in [0.5, 0.6) is 0 Å². The monoisotopic (exact) mass is 113 g/mol. The first kappa shape index (κ1) is 4.52. The highest BCUT2D eigenvalue weighted by atomic mass is 32.2. The first-order chi connectivity index (χ1) is 3.50. The molecule has 0 saturated carbocycles. The molecule has 0 bridgehead atoms. The van der Waals surface area contributed by atoms with Crippen LogP contribution in [-0.4, -0.2) is 6.21 Å². The SMILES string of the molecule is C1=CSN=NN=C1. The van der Waals surface area contributed by atoms with Crippen LogP contribution in [0.1, 0.15) is 0 Å². The first-order valence-corrected chi connectivity index (χ1v) is 2.58. The van der Waals surface area contributed by atoms with Gasteiger partial charge in [0.05, 0.1) is 6.21 Å². The Balaban J connectivity index is 2.60. The molecule has 0 aromatic heterocycles. The van der Waals surface area contributed by atoms with Gasteiger partial charge in [-0.25, -0.2) is 0 Å². The zero-order valence-corrected chi connectivity index (χ0v) is 4.30. The Bertz CT molecular complexity index is 112. The van der Waals surface area contributed by atoms with E-state index >= 15 is 0 Å². The van der Waals surface area contributed by atoms with Crippen molar-refractivity contribution in [2.45, 2.75) is 0 Å². The van der Waals surface area contributed by atoms with E-state index in [-0.39, 0.29) is 0 Å². The van der Waals surface area contributed by atoms with Gasteiger partial charge in [-0.3, -0.25) is 0 Å². The van der Waals surface area contributed by atoms with Crippen molar-refractivity contribution in [3.63, 3.8) is 0 Å². The average Bonchev–Trinajstić information content (AvgIpc) is 1.90. The van der Waals surface area contributed by atoms with Gasteiger partial charge in [0.15, 0.2) is 0 Å². The lowest BCUT2D eigenvalue weighted by molar-refractivity contribution is 1.13. The maximum absolute atomic E-state index is 3.53. The summed E-state index contributed by atoms with van der Waals surface area (Å²) in [4.78, 5) is 0. The molecule has 36 valence electrons. The highest BCUT2D eigenvalue weighted by Gasteiger charge is 1.74. The van der Waals surface area contributed by atoms with Gasteiger partial charge in [-0.15, -0.1) is 5.10 Å². The molecule has 0 N–H and O–H groups in total. The lowest BCUT2D eigenvalue weighted by Crippen LogP contribution is -1.52. The van der Waals surface area contributed by atoms with Gasteiger partial charge in [-0.2, -0.15) is 0 Å². The number of allylic oxidation sites excluding steroid dienone is 1. The van der Waals surface area contributed by atoms with Gasteiger partial charge < -0.3 is 0 Å². The van der Waals surface area contributed by atoms with Crippen molar-refractivity contribution in [2.75, 3.05) is 0 Å². The highest BCUT2D eigenvalue weighted by molar-refractivity contribution is 8.00. The van der Waals surface area contributed by atoms with E-state index in [1.54, 1.807) is 17.7 Å². The smallest absolute Gasteiger partial charge is 0.0519 e. The standard InChI is InChI=1S/C3H3N3S/c1-2-4-5-6-7-3-1/h1-3H. The van der Waals surface area contributed by atoms with Gasteiger partial charge in [-0.1, -0.05) is 4.52 Å². The topological polar surface area (TPSA) is 37.1 Å². The lowest BCUT2D eigenvalue weighted by Gasteiger charge is -1.66. The quantitative estimate of drug-likeness (QED) is 0.439. The van der Waals surface area contributed by atoms with Crippen LogP contribution >= 0.6 is 11.9 Å². The van der Waals surface area contributed by atoms with Gasteiger partial charge in [0.2, 0.25) is 0 Å². The molecule has 0 saturated heterocycles. The van der Waals surface area contributed by atoms with Crippen LogP contribution in [0.15, 0.2) is 26.3 Å². The molecule has 3 nitrogen and oxygen atoms in total. The maximum Gasteiger partial charge on any atom is 0.0519 e. The van der Waals surface area contributed by atoms with Crippen LogP contribution in [0.3, 0.4) is 0 Å². The van der Waals surface area contributed by atoms with E-state index in [9.17, 15) is 0 Å². The molecule has 1 rings (SSSR count). The molecule has 1 heterocycles. The van der Waals surface area contributed by atoms with Gasteiger partial charge >= 0.3 is 0 Å². The second kappa shape index (κ2) is 2.52. The molecule has 0 spiro atoms. The van der Waals surface area contributed by atoms with Gasteiger partial charge in [0.1, 0.15) is 0 Å². The Morgan fingerprint density at radius 1 is 1.43 bits per heavy atom. The van der Waals surface area contributed by atoms with E-state index in [0.29, 0.717) is 0 Å². The van der Waals surface area contributed by atoms with Crippen LogP contribution < -0.4 is 0 Å². The fraction of sp³-hybridized carbons (Fsp3) is 0. The summed E-state index contributed by atoms with van der Waals surface area (Å²) >= 11 is 1.27. The predicted octanol–water partition coefficient (Wildman–Crippen LogP) is 1.60. The van der Waals surface area contributed by atoms with Crippen LogP contribution in [-0.2, 0) is 0 Å². The molecule has 1 aliphatic heterocycles. The number of hydrogen-bond donors (Lipinski definition) is 0. The zero-order valence-electron chi connectivity index (χ0n) is 3.48. The number of hydrogen-bond acceptors (Lipinski definition) is 4. The molecular weight excluding hydrogens is 110 g/mol. The van der Waals surface area contributed by atoms with Crippen molar-refractivity contribution >= 4 is 18.2 Å². The summed E-state index contributed by atoms with van der Waals surface area (Å²) < 4.78 is 3.53. The minimum Gasteiger partial charge on any atom is -0.138 e. The summed E-state index contributed by atoms with van der Waals surface area (Å²) in [6, 6.07) is 0. The molecule has 0 aromatic rings. The Labute approximate surface area is 45.3 Å². The summed E-state index contributed by atoms with van der Waals surface area (Å²) in [5, 5.41) is 8.67. The van der Waals surface area contributed by atoms with Gasteiger partial charge in [0.25, 0.3) is 0 Å². The summed E-state index contributed by atoms with van der Waals surface area (Å²) in [6.45, 7) is 0. The minimum absolute atomic E-state index is 1.27. The van der Waals surface area contributed by atoms with Crippen molar-refractivity contribution in [3.8, 4) is 0 Å². The Morgan fingerprint density at radius 3 is 3.43 bits per heavy atom. The van der Waals surface area contributed by atoms with Crippen molar-refractivity contribution in [1.82, 2.24) is 0 Å². The number of nitrogens with zero attached hydrogens (tertiary/aromatic N) is 3. The fourth-order valence-electron chi connectivity index (χ4n) is 0.208. The maximum atomic E-state index is 3.53. The Hall–Kier alpha value is -0.640. The molecule has 0 amide bonds. The molecule has 1 aliphatic rings. The molecular formula is C3H3N3S. The predicted molar refractivity (Wildman–Crippen MR) is 30.1 cm³/mol. The summed E-state index contributed by atoms with van der Waals surface area (Å²) in [6.07, 6.45) is 3.37. The largest absolute Gasteiger partial charge is 0.138 e. The van der Waals surface area contributed by atoms with Crippen molar-refractivity contribution in [3.05, 3.63) is 11.5 Å². The Kier molecular flexibility index (Phi) is 1.63. The fourth-order valence-corrected chi connectivity index (χ4v) is 0.487. The lowest BCUT2D eigenvalue weighted by atomic mass is 10.7. The van der Waals surface area contributed by atoms with E-state index in [4.69, 9.17) is 0 Å². The van der Waals surface area contributed by atoms with Crippen molar-refractivity contribution < 1.29 is 0 Å². The highest BCUT2D eigenvalue weighted by Crippen LogP contribution is 2.05. The molecule has 7 heavy (non-hydrogen) atoms. The third-order valence-electron chi connectivity index (χ3n) is 0.427. The third kappa shape index (κ3) is 1.50. The van der Waals surface area contributed by atoms with Crippen molar-refractivity contribution in [1.29, 1.82) is 0 Å². The van der Waals surface area contributed by atoms with E-state index in [1.165, 1.54) is 11.9 Å². The summed E-state index contributed by atoms with van der Waals surface area (Å²) in [5.41, 5.74) is 0. The van der Waals surface area contributed by atoms with E-state index in [0.717, 1.165) is 0 Å². The zero-order chi connectivity index (χ0) is 4.95. The summed E-state index contributed by atoms with van der Waals surface area (Å²) in [5.74, 6) is 0. The molecule has 0 radical (unpaired) electrons. The minimum atomic E-state index is 1.27. The molecule has 4 heteroatoms. The molecule has 0 aromatic carbocycles. The van der Waals surface area contributed by atoms with Crippen LogP contribution in [0.4, 0.5) is 0 Å². The normalized spacial score (nSPS) is 17.1. The molecule has 0 atom stereocenters. The molecule has 0 fully saturated rings. The van der Waals surface area contributed by atoms with Gasteiger partial charge in [-0.05, 0) is 16.7 Å². The first-order valence-electron chi connectivity index (χ1n) is 1.74. The van der Waals surface area contributed by atoms with E-state index < -0.39 is 0 Å². The second-order valence-electron chi connectivity index (χ2n) is 0.870. The number of rotatable bonds is 0. The summed E-state index contributed by atoms with van der Waals surface area (Å²) in [7, 11) is 0. The van der Waals surface area contributed by atoms with Crippen LogP contribution in [0.25, 0.3) is 0 Å². The van der Waals surface area contributed by atoms with Crippen LogP contribution in [0, 0.1) is 0 Å². The second-order valence-corrected chi connectivity index (χ2v) is 1.52. The molecule has 0 unspecified atom stereocenters. The average molecular weight is 113 g/mol. The molecule has 0 aliphatic carbocycles. The Morgan fingerprint density at radius 2 is 2.43 bits per heavy atom. The van der Waals surface area contributed by atoms with Gasteiger partial charge in [0, 0.05) is 11.9 Å². The van der Waals surface area contributed by atoms with Crippen LogP contribution in [0.2, 0.25) is 0 Å². The van der Waals surface area contributed by atoms with Crippen molar-refractivity contribution in [2.24, 2.45) is 14.8 Å².